The van der Waals surface area contributed by atoms with Gasteiger partial charge in [0, 0.05) is 38.8 Å². The lowest BCUT2D eigenvalue weighted by atomic mass is 10.2. The highest BCUT2D eigenvalue weighted by molar-refractivity contribution is 7.89. The lowest BCUT2D eigenvalue weighted by Gasteiger charge is -2.26. The molecule has 1 heterocycles. The van der Waals surface area contributed by atoms with Gasteiger partial charge in [0.05, 0.1) is 11.4 Å². The second-order valence-corrected chi connectivity index (χ2v) is 8.13. The molecule has 146 valence electrons. The molecule has 1 aromatic rings. The molecule has 1 aromatic carbocycles. The zero-order valence-electron chi connectivity index (χ0n) is 14.8. The van der Waals surface area contributed by atoms with Crippen LogP contribution < -0.4 is 11.1 Å². The van der Waals surface area contributed by atoms with Crippen LogP contribution in [-0.4, -0.2) is 62.2 Å². The van der Waals surface area contributed by atoms with Crippen molar-refractivity contribution in [3.63, 3.8) is 0 Å². The Morgan fingerprint density at radius 2 is 1.92 bits per heavy atom. The van der Waals surface area contributed by atoms with Crippen molar-refractivity contribution in [3.8, 4) is 0 Å². The summed E-state index contributed by atoms with van der Waals surface area (Å²) in [6.07, 6.45) is 1.73. The molecule has 2 rings (SSSR count). The van der Waals surface area contributed by atoms with Gasteiger partial charge in [0.25, 0.3) is 0 Å². The number of hydrogen-bond donors (Lipinski definition) is 2. The Balaban J connectivity index is 0.00000338. The van der Waals surface area contributed by atoms with Crippen LogP contribution in [0.5, 0.6) is 0 Å². The van der Waals surface area contributed by atoms with Gasteiger partial charge in [-0.2, -0.15) is 4.31 Å². The summed E-state index contributed by atoms with van der Waals surface area (Å²) in [5.74, 6) is -0.479. The molecule has 1 aliphatic heterocycles. The van der Waals surface area contributed by atoms with Gasteiger partial charge in [0.2, 0.25) is 21.8 Å². The third-order valence-electron chi connectivity index (χ3n) is 4.21. The number of anilines is 1. The summed E-state index contributed by atoms with van der Waals surface area (Å²) in [6.45, 7) is 2.14. The molecule has 1 atom stereocenters. The van der Waals surface area contributed by atoms with Crippen LogP contribution in [0, 0.1) is 0 Å². The van der Waals surface area contributed by atoms with E-state index in [1.807, 2.05) is 0 Å². The monoisotopic (exact) mass is 404 g/mol. The van der Waals surface area contributed by atoms with Crippen LogP contribution in [0.2, 0.25) is 0 Å². The molecule has 1 unspecified atom stereocenters. The van der Waals surface area contributed by atoms with Crippen LogP contribution in [0.15, 0.2) is 29.2 Å². The Morgan fingerprint density at radius 1 is 1.31 bits per heavy atom. The van der Waals surface area contributed by atoms with Crippen molar-refractivity contribution in [2.24, 2.45) is 5.73 Å². The number of likely N-dealkylation sites (tertiary alicyclic amines) is 1. The number of benzene rings is 1. The number of carbonyl (C=O) groups is 2. The Morgan fingerprint density at radius 3 is 2.46 bits per heavy atom. The van der Waals surface area contributed by atoms with Crippen LogP contribution >= 0.6 is 12.4 Å². The fourth-order valence-electron chi connectivity index (χ4n) is 2.87. The molecular weight excluding hydrogens is 380 g/mol. The number of carbonyl (C=O) groups excluding carboxylic acids is 2. The number of nitrogens with one attached hydrogen (secondary N) is 1. The number of sulfonamides is 1. The minimum absolute atomic E-state index is 0. The van der Waals surface area contributed by atoms with Crippen LogP contribution in [0.25, 0.3) is 0 Å². The fourth-order valence-corrected chi connectivity index (χ4v) is 3.99. The van der Waals surface area contributed by atoms with Crippen LogP contribution in [0.4, 0.5) is 5.69 Å². The molecular formula is C16H25ClN4O4S. The lowest BCUT2D eigenvalue weighted by molar-refractivity contribution is -0.131. The van der Waals surface area contributed by atoms with Crippen molar-refractivity contribution in [2.75, 3.05) is 32.0 Å². The second-order valence-electron chi connectivity index (χ2n) is 6.09. The number of nitrogens with zero attached hydrogens (tertiary/aromatic N) is 2. The zero-order chi connectivity index (χ0) is 18.6. The first-order chi connectivity index (χ1) is 11.8. The summed E-state index contributed by atoms with van der Waals surface area (Å²) in [4.78, 5) is 25.1. The van der Waals surface area contributed by atoms with Gasteiger partial charge in [-0.1, -0.05) is 0 Å². The molecule has 8 nitrogen and oxygen atoms in total. The molecule has 3 N–H and O–H groups in total. The third-order valence-corrected chi connectivity index (χ3v) is 6.03. The van der Waals surface area contributed by atoms with Crippen molar-refractivity contribution in [1.82, 2.24) is 9.21 Å². The summed E-state index contributed by atoms with van der Waals surface area (Å²) in [5.41, 5.74) is 6.17. The first-order valence-corrected chi connectivity index (χ1v) is 9.53. The number of halogens is 1. The zero-order valence-corrected chi connectivity index (χ0v) is 16.5. The molecule has 10 heteroatoms. The van der Waals surface area contributed by atoms with E-state index in [1.165, 1.54) is 38.2 Å². The summed E-state index contributed by atoms with van der Waals surface area (Å²) in [7, 11) is -2.41. The van der Waals surface area contributed by atoms with Crippen LogP contribution in [0.1, 0.15) is 19.8 Å². The molecule has 0 radical (unpaired) electrons. The Labute approximate surface area is 160 Å². The van der Waals surface area contributed by atoms with Gasteiger partial charge in [-0.25, -0.2) is 8.42 Å². The van der Waals surface area contributed by atoms with E-state index in [4.69, 9.17) is 5.73 Å². The Bertz CT molecular complexity index is 739. The molecule has 0 bridgehead atoms. The molecule has 0 spiro atoms. The van der Waals surface area contributed by atoms with E-state index >= 15 is 0 Å². The average Bonchev–Trinajstić information content (AvgIpc) is 3.03. The molecule has 2 amide bonds. The van der Waals surface area contributed by atoms with E-state index < -0.39 is 10.0 Å². The highest BCUT2D eigenvalue weighted by Crippen LogP contribution is 2.20. The highest BCUT2D eigenvalue weighted by atomic mass is 35.5. The van der Waals surface area contributed by atoms with Gasteiger partial charge in [-0.15, -0.1) is 12.4 Å². The van der Waals surface area contributed by atoms with Gasteiger partial charge < -0.3 is 16.0 Å². The molecule has 1 saturated heterocycles. The van der Waals surface area contributed by atoms with Crippen molar-refractivity contribution < 1.29 is 18.0 Å². The number of hydrogen-bond acceptors (Lipinski definition) is 5. The normalized spacial score (nSPS) is 17.1. The second kappa shape index (κ2) is 9.31. The van der Waals surface area contributed by atoms with Gasteiger partial charge in [-0.05, 0) is 37.1 Å². The molecule has 26 heavy (non-hydrogen) atoms. The summed E-state index contributed by atoms with van der Waals surface area (Å²) < 4.78 is 26.3. The maximum Gasteiger partial charge on any atom is 0.243 e. The predicted octanol–water partition coefficient (Wildman–Crippen LogP) is 0.637. The first-order valence-electron chi connectivity index (χ1n) is 8.09. The quantitative estimate of drug-likeness (QED) is 0.722. The van der Waals surface area contributed by atoms with Gasteiger partial charge in [0.1, 0.15) is 0 Å². The van der Waals surface area contributed by atoms with Crippen molar-refractivity contribution in [2.45, 2.75) is 30.7 Å². The van der Waals surface area contributed by atoms with E-state index in [0.29, 0.717) is 18.8 Å². The van der Waals surface area contributed by atoms with Gasteiger partial charge in [-0.3, -0.25) is 9.59 Å². The van der Waals surface area contributed by atoms with Crippen molar-refractivity contribution in [1.29, 1.82) is 0 Å². The van der Waals surface area contributed by atoms with Crippen molar-refractivity contribution >= 4 is 39.9 Å². The minimum Gasteiger partial charge on any atom is -0.337 e. The van der Waals surface area contributed by atoms with E-state index in [-0.39, 0.29) is 41.7 Å². The SMILES string of the molecule is CC(=O)Nc1ccc(S(=O)(=O)N(C)CC(=O)N2CCCC2CN)cc1.Cl. The standard InChI is InChI=1S/C16H24N4O4S.ClH/c1-12(21)18-13-5-7-15(8-6-13)25(23,24)19(2)11-16(22)20-9-3-4-14(20)10-17;/h5-8,14H,3-4,9-11,17H2,1-2H3,(H,18,21);1H. The molecule has 0 saturated carbocycles. The molecule has 0 aromatic heterocycles. The Kier molecular flexibility index (Phi) is 8.01. The van der Waals surface area contributed by atoms with E-state index in [1.54, 1.807) is 4.90 Å². The Hall–Kier alpha value is -1.68. The average molecular weight is 405 g/mol. The third kappa shape index (κ3) is 5.16. The van der Waals surface area contributed by atoms with E-state index in [2.05, 4.69) is 5.32 Å². The summed E-state index contributed by atoms with van der Waals surface area (Å²) in [5, 5.41) is 2.57. The number of likely N-dealkylation sites (N-methyl/N-ethyl adjacent to an activating group) is 1. The van der Waals surface area contributed by atoms with E-state index in [9.17, 15) is 18.0 Å². The number of amides is 2. The van der Waals surface area contributed by atoms with Crippen LogP contribution in [-0.2, 0) is 19.6 Å². The summed E-state index contributed by atoms with van der Waals surface area (Å²) >= 11 is 0. The number of nitrogens with two attached hydrogens (primary N) is 1. The molecule has 1 fully saturated rings. The van der Waals surface area contributed by atoms with Crippen molar-refractivity contribution in [3.05, 3.63) is 24.3 Å². The molecule has 0 aliphatic carbocycles. The number of rotatable bonds is 6. The van der Waals surface area contributed by atoms with Gasteiger partial charge in [0.15, 0.2) is 0 Å². The van der Waals surface area contributed by atoms with E-state index in [0.717, 1.165) is 17.1 Å². The lowest BCUT2D eigenvalue weighted by Crippen LogP contribution is -2.45. The largest absolute Gasteiger partial charge is 0.337 e. The first kappa shape index (κ1) is 22.4. The van der Waals surface area contributed by atoms with Crippen LogP contribution in [0.3, 0.4) is 0 Å². The predicted molar refractivity (Wildman–Crippen MR) is 102 cm³/mol. The maximum absolute atomic E-state index is 12.6. The summed E-state index contributed by atoms with van der Waals surface area (Å²) in [6, 6.07) is 5.81. The fraction of sp³-hybridized carbons (Fsp3) is 0.500. The molecule has 1 aliphatic rings. The van der Waals surface area contributed by atoms with Gasteiger partial charge >= 0.3 is 0 Å². The highest BCUT2D eigenvalue weighted by Gasteiger charge is 2.30. The maximum atomic E-state index is 12.6. The minimum atomic E-state index is -3.79. The smallest absolute Gasteiger partial charge is 0.243 e. The topological polar surface area (TPSA) is 113 Å².